The van der Waals surface area contributed by atoms with Crippen molar-refractivity contribution >= 4 is 17.5 Å². The lowest BCUT2D eigenvalue weighted by atomic mass is 9.94. The number of likely N-dealkylation sites (tertiary alicyclic amines) is 1. The largest absolute Gasteiger partial charge is 0.491 e. The molecule has 0 saturated carbocycles. The maximum absolute atomic E-state index is 11.7. The summed E-state index contributed by atoms with van der Waals surface area (Å²) >= 11 is 0. The first-order valence-corrected chi connectivity index (χ1v) is 14.6. The zero-order valence-electron chi connectivity index (χ0n) is 26.5. The molecule has 1 saturated heterocycles. The number of hydrogen-bond donors (Lipinski definition) is 1. The highest BCUT2D eigenvalue weighted by atomic mass is 16.5. The number of anilines is 1. The van der Waals surface area contributed by atoms with E-state index in [4.69, 9.17) is 4.74 Å². The zero-order chi connectivity index (χ0) is 29.9. The molecule has 2 amide bonds. The van der Waals surface area contributed by atoms with E-state index in [1.54, 1.807) is 0 Å². The van der Waals surface area contributed by atoms with Gasteiger partial charge in [0.15, 0.2) is 0 Å². The number of ether oxygens (including phenoxy) is 1. The predicted octanol–water partition coefficient (Wildman–Crippen LogP) is 10.6. The fraction of sp³-hybridized carbons (Fsp3) is 0.622. The van der Waals surface area contributed by atoms with Crippen LogP contribution < -0.4 is 10.1 Å². The molecule has 42 heavy (non-hydrogen) atoms. The van der Waals surface area contributed by atoms with Gasteiger partial charge in [0.25, 0.3) is 0 Å². The lowest BCUT2D eigenvalue weighted by molar-refractivity contribution is -0.141. The summed E-state index contributed by atoms with van der Waals surface area (Å²) in [5.41, 5.74) is 3.96. The Balaban J connectivity index is -0.000000524. The van der Waals surface area contributed by atoms with Crippen LogP contribution >= 0.6 is 0 Å². The van der Waals surface area contributed by atoms with Gasteiger partial charge in [-0.25, -0.2) is 0 Å². The molecule has 5 heteroatoms. The molecule has 1 unspecified atom stereocenters. The average Bonchev–Trinajstić information content (AvgIpc) is 3.14. The van der Waals surface area contributed by atoms with Crippen LogP contribution in [0.3, 0.4) is 0 Å². The second kappa shape index (κ2) is 21.0. The van der Waals surface area contributed by atoms with Crippen LogP contribution in [-0.2, 0) is 9.59 Å². The average molecular weight is 587 g/mol. The highest BCUT2D eigenvalue weighted by Gasteiger charge is 2.40. The van der Waals surface area contributed by atoms with E-state index in [0.29, 0.717) is 24.3 Å². The fourth-order valence-corrected chi connectivity index (χ4v) is 4.24. The zero-order valence-corrected chi connectivity index (χ0v) is 26.5. The summed E-state index contributed by atoms with van der Waals surface area (Å²) < 4.78 is 5.55. The monoisotopic (exact) mass is 587 g/mol. The standard InChI is InChI=1S/C12H19N.C12H18O.C10H17NO2.3CH4/c2*1-9(2)11-5-7-12(8-6-11)13-10(3)4;1-6(2)8-5-9(12)11(7(3)4)10(8)13;;;/h5-10,13H,1-4H3;5-10H,1-4H3;6-8H,5H2,1-4H3;3*1H4. The van der Waals surface area contributed by atoms with Gasteiger partial charge in [0.1, 0.15) is 5.75 Å². The van der Waals surface area contributed by atoms with Crippen LogP contribution in [0.4, 0.5) is 5.69 Å². The van der Waals surface area contributed by atoms with E-state index in [1.165, 1.54) is 21.7 Å². The van der Waals surface area contributed by atoms with Crippen molar-refractivity contribution in [2.24, 2.45) is 11.8 Å². The second-order valence-corrected chi connectivity index (χ2v) is 12.2. The van der Waals surface area contributed by atoms with E-state index >= 15 is 0 Å². The summed E-state index contributed by atoms with van der Waals surface area (Å²) in [5.74, 6) is 2.34. The molecule has 0 spiro atoms. The van der Waals surface area contributed by atoms with E-state index in [1.807, 2.05) is 53.7 Å². The molecule has 1 heterocycles. The van der Waals surface area contributed by atoms with Crippen LogP contribution in [0, 0.1) is 11.8 Å². The van der Waals surface area contributed by atoms with E-state index in [2.05, 4.69) is 83.3 Å². The molecule has 1 aliphatic rings. The van der Waals surface area contributed by atoms with Crippen LogP contribution in [0.5, 0.6) is 5.75 Å². The van der Waals surface area contributed by atoms with Crippen molar-refractivity contribution in [1.29, 1.82) is 0 Å². The molecule has 1 fully saturated rings. The van der Waals surface area contributed by atoms with Crippen molar-refractivity contribution in [3.8, 4) is 5.75 Å². The molecule has 0 aliphatic carbocycles. The van der Waals surface area contributed by atoms with Crippen molar-refractivity contribution in [1.82, 2.24) is 4.90 Å². The first kappa shape index (κ1) is 43.6. The van der Waals surface area contributed by atoms with Crippen LogP contribution in [0.15, 0.2) is 48.5 Å². The Morgan fingerprint density at radius 3 is 1.40 bits per heavy atom. The van der Waals surface area contributed by atoms with Gasteiger partial charge in [0, 0.05) is 30.1 Å². The number of hydrogen-bond acceptors (Lipinski definition) is 4. The summed E-state index contributed by atoms with van der Waals surface area (Å²) in [5, 5.41) is 3.37. The molecule has 0 radical (unpaired) electrons. The van der Waals surface area contributed by atoms with Gasteiger partial charge in [-0.15, -0.1) is 0 Å². The van der Waals surface area contributed by atoms with Gasteiger partial charge in [-0.3, -0.25) is 14.5 Å². The molecule has 5 nitrogen and oxygen atoms in total. The Kier molecular flexibility index (Phi) is 21.8. The lowest BCUT2D eigenvalue weighted by Gasteiger charge is -2.19. The van der Waals surface area contributed by atoms with Gasteiger partial charge in [-0.2, -0.15) is 0 Å². The fourth-order valence-electron chi connectivity index (χ4n) is 4.24. The molecular weight excluding hydrogens is 520 g/mol. The molecule has 1 N–H and O–H groups in total. The smallest absolute Gasteiger partial charge is 0.233 e. The third kappa shape index (κ3) is 14.9. The predicted molar refractivity (Wildman–Crippen MR) is 186 cm³/mol. The normalized spacial score (nSPS) is 14.1. The van der Waals surface area contributed by atoms with Gasteiger partial charge in [-0.1, -0.05) is 88.1 Å². The third-order valence-electron chi connectivity index (χ3n) is 6.49. The van der Waals surface area contributed by atoms with Crippen LogP contribution in [-0.4, -0.2) is 34.9 Å². The molecule has 2 aromatic rings. The minimum absolute atomic E-state index is 0. The van der Waals surface area contributed by atoms with Crippen LogP contribution in [0.1, 0.15) is 135 Å². The van der Waals surface area contributed by atoms with Gasteiger partial charge in [-0.05, 0) is 94.7 Å². The minimum Gasteiger partial charge on any atom is -0.491 e. The van der Waals surface area contributed by atoms with Crippen molar-refractivity contribution in [2.45, 2.75) is 142 Å². The summed E-state index contributed by atoms with van der Waals surface area (Å²) in [6.07, 6.45) is 0.652. The van der Waals surface area contributed by atoms with Crippen molar-refractivity contribution in [3.63, 3.8) is 0 Å². The number of nitrogens with zero attached hydrogens (tertiary/aromatic N) is 1. The third-order valence-corrected chi connectivity index (χ3v) is 6.49. The Morgan fingerprint density at radius 2 is 1.12 bits per heavy atom. The Bertz CT molecular complexity index is 933. The topological polar surface area (TPSA) is 58.6 Å². The maximum atomic E-state index is 11.7. The first-order chi connectivity index (χ1) is 18.1. The molecule has 3 rings (SSSR count). The summed E-state index contributed by atoms with van der Waals surface area (Å²) in [4.78, 5) is 24.5. The summed E-state index contributed by atoms with van der Waals surface area (Å²) in [6.45, 7) is 24.9. The van der Waals surface area contributed by atoms with Gasteiger partial charge >= 0.3 is 0 Å². The number of rotatable bonds is 8. The van der Waals surface area contributed by atoms with Gasteiger partial charge in [0.2, 0.25) is 11.8 Å². The molecule has 2 aromatic carbocycles. The highest BCUT2D eigenvalue weighted by molar-refractivity contribution is 6.03. The molecule has 0 bridgehead atoms. The van der Waals surface area contributed by atoms with Crippen molar-refractivity contribution < 1.29 is 14.3 Å². The van der Waals surface area contributed by atoms with Crippen molar-refractivity contribution in [2.75, 3.05) is 5.32 Å². The quantitative estimate of drug-likeness (QED) is 0.313. The van der Waals surface area contributed by atoms with Crippen LogP contribution in [0.25, 0.3) is 0 Å². The Hall–Kier alpha value is -2.82. The number of imide groups is 1. The Morgan fingerprint density at radius 1 is 0.690 bits per heavy atom. The highest BCUT2D eigenvalue weighted by Crippen LogP contribution is 2.27. The van der Waals surface area contributed by atoms with Crippen molar-refractivity contribution in [3.05, 3.63) is 59.7 Å². The van der Waals surface area contributed by atoms with Gasteiger partial charge in [0.05, 0.1) is 6.10 Å². The summed E-state index contributed by atoms with van der Waals surface area (Å²) in [7, 11) is 0. The van der Waals surface area contributed by atoms with E-state index in [9.17, 15) is 9.59 Å². The SMILES string of the molecule is C.C.C.CC(C)C1CC(=O)N(C(C)C)C1=O.CC(C)Nc1ccc(C(C)C)cc1.CC(C)Oc1ccc(C(C)C)cc1. The first-order valence-electron chi connectivity index (χ1n) is 14.6. The number of carbonyl (C=O) groups excluding carboxylic acids is 2. The van der Waals surface area contributed by atoms with E-state index in [0.717, 1.165) is 5.75 Å². The minimum atomic E-state index is -0.0881. The number of benzene rings is 2. The molecule has 1 atom stereocenters. The second-order valence-electron chi connectivity index (χ2n) is 12.2. The molecular formula is C37H66N2O3. The molecule has 0 aromatic heterocycles. The number of nitrogens with one attached hydrogen (secondary N) is 1. The maximum Gasteiger partial charge on any atom is 0.233 e. The number of carbonyl (C=O) groups is 2. The molecule has 242 valence electrons. The van der Waals surface area contributed by atoms with E-state index in [-0.39, 0.29) is 58.1 Å². The Labute approximate surface area is 260 Å². The summed E-state index contributed by atoms with van der Waals surface area (Å²) in [6, 6.07) is 17.5. The van der Waals surface area contributed by atoms with Gasteiger partial charge < -0.3 is 10.1 Å². The van der Waals surface area contributed by atoms with Crippen LogP contribution in [0.2, 0.25) is 0 Å². The lowest BCUT2D eigenvalue weighted by Crippen LogP contribution is -2.37. The molecule has 1 aliphatic heterocycles. The van der Waals surface area contributed by atoms with E-state index < -0.39 is 0 Å². The number of amides is 2.